The molecule has 0 aliphatic carbocycles. The Morgan fingerprint density at radius 3 is 3.05 bits per heavy atom. The number of hydrogen-bond acceptors (Lipinski definition) is 2. The van der Waals surface area contributed by atoms with Gasteiger partial charge in [0.15, 0.2) is 0 Å². The van der Waals surface area contributed by atoms with Crippen LogP contribution >= 0.6 is 23.2 Å². The van der Waals surface area contributed by atoms with Gasteiger partial charge in [0.1, 0.15) is 11.3 Å². The quantitative estimate of drug-likeness (QED) is 0.794. The lowest BCUT2D eigenvalue weighted by Crippen LogP contribution is -2.26. The Bertz CT molecular complexity index is 611. The van der Waals surface area contributed by atoms with E-state index in [0.717, 1.165) is 42.7 Å². The van der Waals surface area contributed by atoms with Crippen LogP contribution < -0.4 is 0 Å². The van der Waals surface area contributed by atoms with Crippen LogP contribution in [0.1, 0.15) is 31.6 Å². The summed E-state index contributed by atoms with van der Waals surface area (Å²) in [7, 11) is 0. The second kappa shape index (κ2) is 5.92. The molecule has 5 heteroatoms. The zero-order valence-electron chi connectivity index (χ0n) is 11.5. The van der Waals surface area contributed by atoms with Gasteiger partial charge in [-0.15, -0.1) is 11.6 Å². The molecule has 2 heterocycles. The summed E-state index contributed by atoms with van der Waals surface area (Å²) < 4.78 is 7.98. The zero-order valence-corrected chi connectivity index (χ0v) is 13.0. The molecule has 1 aromatic heterocycles. The summed E-state index contributed by atoms with van der Waals surface area (Å²) in [6.07, 6.45) is 3.07. The lowest BCUT2D eigenvalue weighted by Gasteiger charge is -2.29. The van der Waals surface area contributed by atoms with Crippen molar-refractivity contribution in [3.05, 3.63) is 29.0 Å². The molecule has 1 fully saturated rings. The van der Waals surface area contributed by atoms with Gasteiger partial charge in [-0.05, 0) is 31.9 Å². The molecule has 0 saturated carbocycles. The average molecular weight is 313 g/mol. The first kappa shape index (κ1) is 14.2. The van der Waals surface area contributed by atoms with E-state index >= 15 is 0 Å². The van der Waals surface area contributed by atoms with Crippen molar-refractivity contribution < 1.29 is 4.74 Å². The third-order valence-corrected chi connectivity index (χ3v) is 4.38. The van der Waals surface area contributed by atoms with Crippen molar-refractivity contribution in [2.75, 3.05) is 12.5 Å². The van der Waals surface area contributed by atoms with Crippen molar-refractivity contribution in [3.63, 3.8) is 0 Å². The standard InChI is InChI=1S/C15H18Cl2N2O/c1-10-9-11(6-8-20-10)19-13-4-2-3-12(17)15(13)18-14(19)5-7-16/h2-4,10-11H,5-9H2,1H3. The number of halogens is 2. The van der Waals surface area contributed by atoms with Crippen LogP contribution in [0.5, 0.6) is 0 Å². The molecule has 108 valence electrons. The first-order valence-corrected chi connectivity index (χ1v) is 7.95. The highest BCUT2D eigenvalue weighted by Gasteiger charge is 2.25. The van der Waals surface area contributed by atoms with E-state index in [1.54, 1.807) is 0 Å². The van der Waals surface area contributed by atoms with Gasteiger partial charge in [-0.1, -0.05) is 17.7 Å². The highest BCUT2D eigenvalue weighted by Crippen LogP contribution is 2.32. The molecule has 0 bridgehead atoms. The van der Waals surface area contributed by atoms with Crippen molar-refractivity contribution in [1.29, 1.82) is 0 Å². The van der Waals surface area contributed by atoms with E-state index in [4.69, 9.17) is 32.9 Å². The monoisotopic (exact) mass is 312 g/mol. The predicted octanol–water partition coefficient (Wildman–Crippen LogP) is 4.21. The largest absolute Gasteiger partial charge is 0.378 e. The van der Waals surface area contributed by atoms with Gasteiger partial charge in [0.05, 0.1) is 16.6 Å². The van der Waals surface area contributed by atoms with E-state index in [1.165, 1.54) is 0 Å². The Kier molecular flexibility index (Phi) is 4.20. The van der Waals surface area contributed by atoms with E-state index in [9.17, 15) is 0 Å². The molecule has 2 unspecified atom stereocenters. The molecular weight excluding hydrogens is 295 g/mol. The summed E-state index contributed by atoms with van der Waals surface area (Å²) in [4.78, 5) is 4.71. The number of nitrogens with zero attached hydrogens (tertiary/aromatic N) is 2. The smallest absolute Gasteiger partial charge is 0.111 e. The molecule has 1 aliphatic rings. The molecule has 0 radical (unpaired) electrons. The average Bonchev–Trinajstić information content (AvgIpc) is 2.79. The summed E-state index contributed by atoms with van der Waals surface area (Å²) in [6, 6.07) is 6.38. The number of imidazole rings is 1. The molecule has 0 spiro atoms. The number of fused-ring (bicyclic) bond motifs is 1. The number of aryl methyl sites for hydroxylation is 1. The Morgan fingerprint density at radius 1 is 1.45 bits per heavy atom. The fourth-order valence-electron chi connectivity index (χ4n) is 3.01. The number of para-hydroxylation sites is 1. The Labute approximate surface area is 128 Å². The maximum Gasteiger partial charge on any atom is 0.111 e. The minimum Gasteiger partial charge on any atom is -0.378 e. The zero-order chi connectivity index (χ0) is 14.1. The summed E-state index contributed by atoms with van der Waals surface area (Å²) in [5, 5.41) is 0.706. The number of alkyl halides is 1. The lowest BCUT2D eigenvalue weighted by molar-refractivity contribution is 0.00625. The fourth-order valence-corrected chi connectivity index (χ4v) is 3.39. The third kappa shape index (κ3) is 2.54. The molecule has 0 amide bonds. The van der Waals surface area contributed by atoms with Crippen molar-refractivity contribution in [2.45, 2.75) is 38.3 Å². The summed E-state index contributed by atoms with van der Waals surface area (Å²) in [5.41, 5.74) is 1.99. The topological polar surface area (TPSA) is 27.1 Å². The van der Waals surface area contributed by atoms with Crippen LogP contribution in [-0.4, -0.2) is 28.1 Å². The van der Waals surface area contributed by atoms with E-state index < -0.39 is 0 Å². The second-order valence-corrected chi connectivity index (χ2v) is 6.09. The Balaban J connectivity index is 2.11. The van der Waals surface area contributed by atoms with Gasteiger partial charge in [0.2, 0.25) is 0 Å². The van der Waals surface area contributed by atoms with Crippen LogP contribution in [-0.2, 0) is 11.2 Å². The number of ether oxygens (including phenoxy) is 1. The van der Waals surface area contributed by atoms with Crippen LogP contribution in [0.3, 0.4) is 0 Å². The molecule has 3 nitrogen and oxygen atoms in total. The molecule has 3 rings (SSSR count). The van der Waals surface area contributed by atoms with Gasteiger partial charge >= 0.3 is 0 Å². The highest BCUT2D eigenvalue weighted by molar-refractivity contribution is 6.34. The van der Waals surface area contributed by atoms with Crippen molar-refractivity contribution in [2.24, 2.45) is 0 Å². The highest BCUT2D eigenvalue weighted by atomic mass is 35.5. The molecule has 1 aromatic carbocycles. The number of hydrogen-bond donors (Lipinski definition) is 0. The Hall–Kier alpha value is -0.770. The van der Waals surface area contributed by atoms with Gasteiger partial charge < -0.3 is 9.30 Å². The van der Waals surface area contributed by atoms with Gasteiger partial charge in [0, 0.05) is 24.9 Å². The van der Waals surface area contributed by atoms with E-state index in [1.807, 2.05) is 12.1 Å². The number of benzene rings is 1. The van der Waals surface area contributed by atoms with E-state index in [-0.39, 0.29) is 6.10 Å². The third-order valence-electron chi connectivity index (χ3n) is 3.88. The van der Waals surface area contributed by atoms with Crippen molar-refractivity contribution in [3.8, 4) is 0 Å². The second-order valence-electron chi connectivity index (χ2n) is 5.30. The minimum absolute atomic E-state index is 0.286. The lowest BCUT2D eigenvalue weighted by atomic mass is 10.0. The normalized spacial score (nSPS) is 23.4. The molecule has 2 aromatic rings. The van der Waals surface area contributed by atoms with Crippen LogP contribution in [0.2, 0.25) is 5.02 Å². The number of rotatable bonds is 3. The van der Waals surface area contributed by atoms with E-state index in [2.05, 4.69) is 17.6 Å². The van der Waals surface area contributed by atoms with Gasteiger partial charge in [-0.3, -0.25) is 0 Å². The summed E-state index contributed by atoms with van der Waals surface area (Å²) in [6.45, 7) is 2.92. The molecule has 2 atom stereocenters. The molecule has 1 aliphatic heterocycles. The predicted molar refractivity (Wildman–Crippen MR) is 82.9 cm³/mol. The maximum absolute atomic E-state index is 6.28. The molecule has 20 heavy (non-hydrogen) atoms. The van der Waals surface area contributed by atoms with Gasteiger partial charge in [0.25, 0.3) is 0 Å². The first-order chi connectivity index (χ1) is 9.70. The molecule has 0 N–H and O–H groups in total. The van der Waals surface area contributed by atoms with Gasteiger partial charge in [-0.25, -0.2) is 4.98 Å². The van der Waals surface area contributed by atoms with Crippen molar-refractivity contribution in [1.82, 2.24) is 9.55 Å². The van der Waals surface area contributed by atoms with E-state index in [0.29, 0.717) is 16.9 Å². The van der Waals surface area contributed by atoms with Crippen molar-refractivity contribution >= 4 is 34.2 Å². The van der Waals surface area contributed by atoms with Crippen LogP contribution in [0.15, 0.2) is 18.2 Å². The number of aromatic nitrogens is 2. The summed E-state index contributed by atoms with van der Waals surface area (Å²) in [5.74, 6) is 1.60. The van der Waals surface area contributed by atoms with Gasteiger partial charge in [-0.2, -0.15) is 0 Å². The molecular formula is C15H18Cl2N2O. The Morgan fingerprint density at radius 2 is 2.30 bits per heavy atom. The van der Waals surface area contributed by atoms with Crippen LogP contribution in [0.25, 0.3) is 11.0 Å². The summed E-state index contributed by atoms with van der Waals surface area (Å²) >= 11 is 12.2. The SMILES string of the molecule is CC1CC(n2c(CCCl)nc3c(Cl)cccc32)CCO1. The maximum atomic E-state index is 6.28. The minimum atomic E-state index is 0.286. The van der Waals surface area contributed by atoms with Crippen LogP contribution in [0, 0.1) is 0 Å². The first-order valence-electron chi connectivity index (χ1n) is 7.03. The fraction of sp³-hybridized carbons (Fsp3) is 0.533. The van der Waals surface area contributed by atoms with Crippen LogP contribution in [0.4, 0.5) is 0 Å². The molecule has 1 saturated heterocycles.